The Balaban J connectivity index is 1.35. The molecule has 1 aromatic carbocycles. The summed E-state index contributed by atoms with van der Waals surface area (Å²) >= 11 is 0. The van der Waals surface area contributed by atoms with E-state index < -0.39 is 0 Å². The van der Waals surface area contributed by atoms with Gasteiger partial charge >= 0.3 is 0 Å². The summed E-state index contributed by atoms with van der Waals surface area (Å²) in [4.78, 5) is 14.3. The number of carbonyl (C=O) groups is 1. The van der Waals surface area contributed by atoms with Crippen molar-refractivity contribution in [3.05, 3.63) is 35.6 Å². The third kappa shape index (κ3) is 3.75. The van der Waals surface area contributed by atoms with Crippen LogP contribution in [0.4, 0.5) is 4.39 Å². The molecule has 3 saturated heterocycles. The molecule has 4 atom stereocenters. The number of carbonyl (C=O) groups excluding carboxylic acids is 1. The molecule has 0 aromatic heterocycles. The van der Waals surface area contributed by atoms with Crippen LogP contribution in [0.5, 0.6) is 0 Å². The van der Waals surface area contributed by atoms with Crippen LogP contribution in [-0.2, 0) is 20.8 Å². The van der Waals surface area contributed by atoms with Crippen molar-refractivity contribution in [2.45, 2.75) is 44.4 Å². The zero-order valence-electron chi connectivity index (χ0n) is 16.0. The molecule has 4 rings (SSSR count). The molecule has 2 bridgehead atoms. The van der Waals surface area contributed by atoms with Crippen molar-refractivity contribution in [3.63, 3.8) is 0 Å². The summed E-state index contributed by atoms with van der Waals surface area (Å²) in [5.74, 6) is 0.660. The second-order valence-corrected chi connectivity index (χ2v) is 8.04. The van der Waals surface area contributed by atoms with Gasteiger partial charge in [-0.15, -0.1) is 0 Å². The third-order valence-corrected chi connectivity index (χ3v) is 6.42. The van der Waals surface area contributed by atoms with Crippen molar-refractivity contribution in [2.24, 2.45) is 11.8 Å². The van der Waals surface area contributed by atoms with E-state index in [0.29, 0.717) is 44.6 Å². The highest BCUT2D eigenvalue weighted by Crippen LogP contribution is 2.54. The summed E-state index contributed by atoms with van der Waals surface area (Å²) in [5, 5.41) is 3.07. The van der Waals surface area contributed by atoms with Crippen LogP contribution in [0.15, 0.2) is 24.3 Å². The zero-order valence-corrected chi connectivity index (χ0v) is 16.0. The molecular formula is C21H29FN2O3. The number of halogens is 1. The van der Waals surface area contributed by atoms with Crippen LogP contribution in [-0.4, -0.2) is 55.4 Å². The molecule has 1 amide bonds. The lowest BCUT2D eigenvalue weighted by Crippen LogP contribution is -2.42. The minimum atomic E-state index is -0.143. The van der Waals surface area contributed by atoms with E-state index in [4.69, 9.17) is 9.47 Å². The zero-order chi connectivity index (χ0) is 18.9. The second-order valence-electron chi connectivity index (χ2n) is 8.04. The highest BCUT2D eigenvalue weighted by Gasteiger charge is 2.62. The molecular weight excluding hydrogens is 347 g/mol. The van der Waals surface area contributed by atoms with Crippen LogP contribution in [0.3, 0.4) is 0 Å². The maximum atomic E-state index is 14.0. The smallest absolute Gasteiger partial charge is 0.222 e. The predicted molar refractivity (Wildman–Crippen MR) is 99.6 cm³/mol. The summed E-state index contributed by atoms with van der Waals surface area (Å²) in [6.07, 6.45) is 2.79. The van der Waals surface area contributed by atoms with Gasteiger partial charge in [0.05, 0.1) is 18.3 Å². The van der Waals surface area contributed by atoms with E-state index in [9.17, 15) is 9.18 Å². The molecule has 148 valence electrons. The van der Waals surface area contributed by atoms with Crippen molar-refractivity contribution >= 4 is 5.91 Å². The Morgan fingerprint density at radius 1 is 1.44 bits per heavy atom. The molecule has 0 saturated carbocycles. The fourth-order valence-corrected chi connectivity index (χ4v) is 5.18. The van der Waals surface area contributed by atoms with E-state index in [1.54, 1.807) is 6.07 Å². The van der Waals surface area contributed by atoms with Gasteiger partial charge in [-0.1, -0.05) is 18.2 Å². The van der Waals surface area contributed by atoms with Crippen LogP contribution in [0.2, 0.25) is 0 Å². The molecule has 3 aliphatic heterocycles. The minimum Gasteiger partial charge on any atom is -0.381 e. The Kier molecular flexibility index (Phi) is 5.48. The fraction of sp³-hybridized carbons (Fsp3) is 0.667. The van der Waals surface area contributed by atoms with Crippen molar-refractivity contribution in [1.29, 1.82) is 0 Å². The Morgan fingerprint density at radius 2 is 2.30 bits per heavy atom. The van der Waals surface area contributed by atoms with Crippen LogP contribution < -0.4 is 5.32 Å². The van der Waals surface area contributed by atoms with Crippen LogP contribution >= 0.6 is 0 Å². The van der Waals surface area contributed by atoms with Gasteiger partial charge in [0.2, 0.25) is 5.91 Å². The van der Waals surface area contributed by atoms with E-state index >= 15 is 0 Å². The molecule has 3 fully saturated rings. The number of hydrogen-bond acceptors (Lipinski definition) is 4. The van der Waals surface area contributed by atoms with Gasteiger partial charge in [-0.3, -0.25) is 9.69 Å². The minimum absolute atomic E-state index is 0.0430. The first-order valence-electron chi connectivity index (χ1n) is 10.1. The van der Waals surface area contributed by atoms with Crippen LogP contribution in [0.25, 0.3) is 0 Å². The molecule has 0 radical (unpaired) electrons. The topological polar surface area (TPSA) is 50.8 Å². The normalized spacial score (nSPS) is 32.0. The van der Waals surface area contributed by atoms with Gasteiger partial charge in [-0.05, 0) is 25.8 Å². The third-order valence-electron chi connectivity index (χ3n) is 6.42. The first-order chi connectivity index (χ1) is 13.1. The van der Waals surface area contributed by atoms with E-state index in [0.717, 1.165) is 31.5 Å². The van der Waals surface area contributed by atoms with Crippen LogP contribution in [0, 0.1) is 17.7 Å². The van der Waals surface area contributed by atoms with Crippen molar-refractivity contribution < 1.29 is 18.7 Å². The quantitative estimate of drug-likeness (QED) is 0.708. The number of amides is 1. The molecule has 1 spiro atoms. The van der Waals surface area contributed by atoms with E-state index in [1.165, 1.54) is 6.07 Å². The molecule has 3 aliphatic rings. The number of benzene rings is 1. The SMILES string of the molecule is CCOCCC(=O)NC[C@H]1[C@H]2CN(Cc3ccccc3F)C[C@]23CC[C@H]1O3. The van der Waals surface area contributed by atoms with Gasteiger partial charge in [0.1, 0.15) is 5.82 Å². The largest absolute Gasteiger partial charge is 0.381 e. The lowest BCUT2D eigenvalue weighted by atomic mass is 9.73. The maximum absolute atomic E-state index is 14.0. The van der Waals surface area contributed by atoms with Gasteiger partial charge < -0.3 is 14.8 Å². The molecule has 1 N–H and O–H groups in total. The van der Waals surface area contributed by atoms with Gasteiger partial charge in [0.15, 0.2) is 0 Å². The molecule has 3 heterocycles. The Morgan fingerprint density at radius 3 is 3.11 bits per heavy atom. The van der Waals surface area contributed by atoms with Gasteiger partial charge in [-0.2, -0.15) is 0 Å². The summed E-state index contributed by atoms with van der Waals surface area (Å²) in [6.45, 7) is 6.08. The second kappa shape index (κ2) is 7.86. The first kappa shape index (κ1) is 18.8. The summed E-state index contributed by atoms with van der Waals surface area (Å²) in [5.41, 5.74) is 0.639. The molecule has 0 aliphatic carbocycles. The van der Waals surface area contributed by atoms with Gasteiger partial charge in [0, 0.05) is 56.6 Å². The Labute approximate surface area is 160 Å². The lowest BCUT2D eigenvalue weighted by Gasteiger charge is -2.29. The number of nitrogens with one attached hydrogen (secondary N) is 1. The molecule has 5 nitrogen and oxygen atoms in total. The number of rotatable bonds is 8. The summed E-state index contributed by atoms with van der Waals surface area (Å²) in [6, 6.07) is 6.99. The van der Waals surface area contributed by atoms with Crippen molar-refractivity contribution in [1.82, 2.24) is 10.2 Å². The monoisotopic (exact) mass is 376 g/mol. The molecule has 6 heteroatoms. The lowest BCUT2D eigenvalue weighted by molar-refractivity contribution is -0.122. The van der Waals surface area contributed by atoms with E-state index in [2.05, 4.69) is 10.2 Å². The number of hydrogen-bond donors (Lipinski definition) is 1. The predicted octanol–water partition coefficient (Wildman–Crippen LogP) is 2.35. The Hall–Kier alpha value is -1.50. The summed E-state index contributed by atoms with van der Waals surface area (Å²) in [7, 11) is 0. The fourth-order valence-electron chi connectivity index (χ4n) is 5.18. The molecule has 1 aromatic rings. The Bertz CT molecular complexity index is 685. The summed E-state index contributed by atoms with van der Waals surface area (Å²) < 4.78 is 25.7. The first-order valence-corrected chi connectivity index (χ1v) is 10.1. The highest BCUT2D eigenvalue weighted by molar-refractivity contribution is 5.75. The van der Waals surface area contributed by atoms with E-state index in [-0.39, 0.29) is 23.4 Å². The molecule has 0 unspecified atom stereocenters. The average Bonchev–Trinajstić information content (AvgIpc) is 3.30. The van der Waals surface area contributed by atoms with Crippen molar-refractivity contribution in [2.75, 3.05) is 32.8 Å². The number of ether oxygens (including phenoxy) is 2. The molecule has 27 heavy (non-hydrogen) atoms. The van der Waals surface area contributed by atoms with Crippen molar-refractivity contribution in [3.8, 4) is 0 Å². The highest BCUT2D eigenvalue weighted by atomic mass is 19.1. The average molecular weight is 376 g/mol. The van der Waals surface area contributed by atoms with E-state index in [1.807, 2.05) is 19.1 Å². The number of fused-ring (bicyclic) bond motifs is 1. The maximum Gasteiger partial charge on any atom is 0.222 e. The van der Waals surface area contributed by atoms with Gasteiger partial charge in [0.25, 0.3) is 0 Å². The van der Waals surface area contributed by atoms with Gasteiger partial charge in [-0.25, -0.2) is 4.39 Å². The standard InChI is InChI=1S/C21H29FN2O3/c1-2-26-10-8-20(25)23-11-16-17-13-24(12-15-5-3-4-6-18(15)22)14-21(17)9-7-19(16)27-21/h3-6,16-17,19H,2,7-14H2,1H3,(H,23,25)/t16-,17+,19+,21+/m0/s1. The number of likely N-dealkylation sites (tertiary alicyclic amines) is 1. The van der Waals surface area contributed by atoms with Crippen LogP contribution in [0.1, 0.15) is 31.7 Å². The number of nitrogens with zero attached hydrogens (tertiary/aromatic N) is 1.